The monoisotopic (exact) mass is 308 g/mol. The van der Waals surface area contributed by atoms with Gasteiger partial charge >= 0.3 is 15.6 Å². The highest BCUT2D eigenvalue weighted by molar-refractivity contribution is 7.48. The highest BCUT2D eigenvalue weighted by Gasteiger charge is 2.23. The van der Waals surface area contributed by atoms with Crippen molar-refractivity contribution in [3.63, 3.8) is 0 Å². The quantitative estimate of drug-likeness (QED) is 0.657. The van der Waals surface area contributed by atoms with Gasteiger partial charge in [0.15, 0.2) is 0 Å². The molecule has 0 amide bonds. The van der Waals surface area contributed by atoms with Gasteiger partial charge in [0.25, 0.3) is 0 Å². The van der Waals surface area contributed by atoms with Gasteiger partial charge in [-0.05, 0) is 12.8 Å². The van der Waals surface area contributed by atoms with Crippen LogP contribution in [-0.2, 0) is 27.2 Å². The third kappa shape index (κ3) is 14.3. The van der Waals surface area contributed by atoms with Gasteiger partial charge in [0.05, 0.1) is 13.2 Å². The van der Waals surface area contributed by atoms with Gasteiger partial charge in [0.1, 0.15) is 0 Å². The van der Waals surface area contributed by atoms with E-state index in [2.05, 4.69) is 9.05 Å². The number of phosphoric acid groups is 2. The van der Waals surface area contributed by atoms with Gasteiger partial charge in [-0.2, -0.15) is 0 Å². The Morgan fingerprint density at radius 3 is 1.39 bits per heavy atom. The minimum absolute atomic E-state index is 0.398. The third-order valence-corrected chi connectivity index (χ3v) is 3.29. The zero-order valence-corrected chi connectivity index (χ0v) is 12.9. The summed E-state index contributed by atoms with van der Waals surface area (Å²) in [5.74, 6) is 0. The Kier molecular flexibility index (Phi) is 12.6. The van der Waals surface area contributed by atoms with E-state index in [1.54, 1.807) is 0 Å². The Morgan fingerprint density at radius 2 is 1.22 bits per heavy atom. The molecule has 0 radical (unpaired) electrons. The molecule has 10 heteroatoms. The summed E-state index contributed by atoms with van der Waals surface area (Å²) in [7, 11) is -5.11. The average Bonchev–Trinajstić information content (AvgIpc) is 2.34. The fourth-order valence-corrected chi connectivity index (χ4v) is 1.65. The van der Waals surface area contributed by atoms with E-state index >= 15 is 0 Å². The van der Waals surface area contributed by atoms with Crippen LogP contribution in [0, 0.1) is 0 Å². The lowest BCUT2D eigenvalue weighted by Crippen LogP contribution is -1.99. The lowest BCUT2D eigenvalue weighted by molar-refractivity contribution is 0.131. The predicted octanol–water partition coefficient (Wildman–Crippen LogP) is 2.32. The van der Waals surface area contributed by atoms with Crippen molar-refractivity contribution >= 4 is 15.6 Å². The van der Waals surface area contributed by atoms with Gasteiger partial charge in [-0.3, -0.25) is 18.1 Å². The minimum atomic E-state index is -4.15. The van der Waals surface area contributed by atoms with Crippen LogP contribution in [0.25, 0.3) is 0 Å². The topological polar surface area (TPSA) is 112 Å². The molecule has 0 aliphatic heterocycles. The van der Waals surface area contributed by atoms with Crippen molar-refractivity contribution in [3.05, 3.63) is 0 Å². The van der Waals surface area contributed by atoms with E-state index < -0.39 is 15.6 Å². The van der Waals surface area contributed by atoms with Gasteiger partial charge in [-0.15, -0.1) is 0 Å². The molecule has 2 N–H and O–H groups in total. The van der Waals surface area contributed by atoms with Crippen LogP contribution in [0.3, 0.4) is 0 Å². The maximum absolute atomic E-state index is 11.4. The van der Waals surface area contributed by atoms with E-state index in [0.717, 1.165) is 20.0 Å². The van der Waals surface area contributed by atoms with Crippen molar-refractivity contribution in [1.82, 2.24) is 0 Å². The first-order valence-corrected chi connectivity index (χ1v) is 8.29. The normalized spacial score (nSPS) is 11.9. The van der Waals surface area contributed by atoms with Crippen LogP contribution in [0.15, 0.2) is 0 Å². The number of rotatable bonds is 8. The van der Waals surface area contributed by atoms with E-state index in [9.17, 15) is 9.13 Å². The van der Waals surface area contributed by atoms with Gasteiger partial charge in [0.2, 0.25) is 0 Å². The zero-order valence-electron chi connectivity index (χ0n) is 11.1. The van der Waals surface area contributed by atoms with Gasteiger partial charge in [-0.25, -0.2) is 9.13 Å². The van der Waals surface area contributed by atoms with Crippen molar-refractivity contribution < 1.29 is 37.0 Å². The van der Waals surface area contributed by atoms with Crippen LogP contribution in [-0.4, -0.2) is 37.2 Å². The highest BCUT2D eigenvalue weighted by atomic mass is 31.2. The molecule has 0 saturated carbocycles. The van der Waals surface area contributed by atoms with Crippen molar-refractivity contribution in [2.75, 3.05) is 27.4 Å². The molecule has 0 spiro atoms. The number of phosphoric ester groups is 2. The Bertz CT molecular complexity index is 264. The highest BCUT2D eigenvalue weighted by Crippen LogP contribution is 2.48. The molecule has 0 rings (SSSR count). The molecule has 0 bridgehead atoms. The van der Waals surface area contributed by atoms with Crippen molar-refractivity contribution in [2.24, 2.45) is 0 Å². The Morgan fingerprint density at radius 1 is 0.889 bits per heavy atom. The van der Waals surface area contributed by atoms with E-state index in [-0.39, 0.29) is 0 Å². The standard InChI is InChI=1S/C7H17O4P.CH5O4P/c1-4-6-10-12(8,9-3)11-7-5-2;1-5-6(2,3)4/h4-7H2,1-3H3;1H3,(H2,2,3,4). The molecule has 0 aromatic carbocycles. The first-order valence-electron chi connectivity index (χ1n) is 5.30. The molecule has 0 aliphatic rings. The van der Waals surface area contributed by atoms with Gasteiger partial charge in [0, 0.05) is 14.2 Å². The second-order valence-electron chi connectivity index (χ2n) is 2.97. The summed E-state index contributed by atoms with van der Waals surface area (Å²) in [5, 5.41) is 0. The fraction of sp³-hybridized carbons (Fsp3) is 1.00. The molecule has 0 aromatic rings. The molecule has 112 valence electrons. The molecular weight excluding hydrogens is 286 g/mol. The minimum Gasteiger partial charge on any atom is -0.303 e. The lowest BCUT2D eigenvalue weighted by Gasteiger charge is -2.14. The summed E-state index contributed by atoms with van der Waals surface area (Å²) in [5.41, 5.74) is 0. The molecule has 0 aromatic heterocycles. The third-order valence-electron chi connectivity index (χ3n) is 1.37. The maximum Gasteiger partial charge on any atom is 0.474 e. The van der Waals surface area contributed by atoms with Crippen molar-refractivity contribution in [3.8, 4) is 0 Å². The molecule has 0 unspecified atom stereocenters. The second-order valence-corrected chi connectivity index (χ2v) is 6.09. The molecule has 18 heavy (non-hydrogen) atoms. The SMILES string of the molecule is CCCOP(=O)(OC)OCCC.COP(=O)(O)O. The summed E-state index contributed by atoms with van der Waals surface area (Å²) < 4.78 is 39.0. The summed E-state index contributed by atoms with van der Waals surface area (Å²) in [6.07, 6.45) is 1.59. The zero-order chi connectivity index (χ0) is 14.7. The number of hydrogen-bond acceptors (Lipinski definition) is 6. The summed E-state index contributed by atoms with van der Waals surface area (Å²) in [6.45, 7) is 4.66. The maximum atomic E-state index is 11.4. The van der Waals surface area contributed by atoms with E-state index in [1.165, 1.54) is 7.11 Å². The average molecular weight is 308 g/mol. The Hall–Kier alpha value is 0.220. The van der Waals surface area contributed by atoms with E-state index in [0.29, 0.717) is 13.2 Å². The molecule has 8 nitrogen and oxygen atoms in total. The molecule has 0 atom stereocenters. The van der Waals surface area contributed by atoms with Crippen LogP contribution < -0.4 is 0 Å². The van der Waals surface area contributed by atoms with Gasteiger partial charge in [-0.1, -0.05) is 13.8 Å². The lowest BCUT2D eigenvalue weighted by atomic mass is 10.5. The molecule has 0 fully saturated rings. The summed E-state index contributed by atoms with van der Waals surface area (Å²) in [4.78, 5) is 15.4. The van der Waals surface area contributed by atoms with Crippen LogP contribution in [0.4, 0.5) is 0 Å². The Balaban J connectivity index is 0. The van der Waals surface area contributed by atoms with E-state index in [4.69, 9.17) is 18.8 Å². The molecule has 0 aliphatic carbocycles. The van der Waals surface area contributed by atoms with Gasteiger partial charge < -0.3 is 9.79 Å². The summed E-state index contributed by atoms with van der Waals surface area (Å²) >= 11 is 0. The fourth-order valence-electron chi connectivity index (χ4n) is 0.549. The smallest absolute Gasteiger partial charge is 0.303 e. The van der Waals surface area contributed by atoms with Crippen molar-refractivity contribution in [2.45, 2.75) is 26.7 Å². The largest absolute Gasteiger partial charge is 0.474 e. The van der Waals surface area contributed by atoms with Crippen LogP contribution in [0.2, 0.25) is 0 Å². The molecule has 0 heterocycles. The van der Waals surface area contributed by atoms with E-state index in [1.807, 2.05) is 13.8 Å². The molecule has 0 saturated heterocycles. The first-order chi connectivity index (χ1) is 8.24. The predicted molar refractivity (Wildman–Crippen MR) is 66.2 cm³/mol. The van der Waals surface area contributed by atoms with Crippen LogP contribution in [0.5, 0.6) is 0 Å². The second kappa shape index (κ2) is 11.1. The number of hydrogen-bond donors (Lipinski definition) is 2. The summed E-state index contributed by atoms with van der Waals surface area (Å²) in [6, 6.07) is 0. The van der Waals surface area contributed by atoms with Crippen LogP contribution >= 0.6 is 15.6 Å². The Labute approximate surface area is 107 Å². The van der Waals surface area contributed by atoms with Crippen LogP contribution in [0.1, 0.15) is 26.7 Å². The van der Waals surface area contributed by atoms with Crippen molar-refractivity contribution in [1.29, 1.82) is 0 Å². The first kappa shape index (κ1) is 20.5. The molecular formula is C8H22O8P2.